The number of piperazine rings is 1. The zero-order valence-electron chi connectivity index (χ0n) is 11.8. The highest BCUT2D eigenvalue weighted by Gasteiger charge is 2.20. The normalized spacial score (nSPS) is 19.3. The summed E-state index contributed by atoms with van der Waals surface area (Å²) >= 11 is 1.74. The molecule has 1 fully saturated rings. The molecule has 0 radical (unpaired) electrons. The molecule has 3 heterocycles. The van der Waals surface area contributed by atoms with Gasteiger partial charge < -0.3 is 10.2 Å². The number of fused-ring (bicyclic) bond motifs is 1. The van der Waals surface area contributed by atoms with Crippen LogP contribution in [0.3, 0.4) is 0 Å². The van der Waals surface area contributed by atoms with Crippen molar-refractivity contribution >= 4 is 27.4 Å². The Kier molecular flexibility index (Phi) is 3.12. The molecule has 1 atom stereocenters. The van der Waals surface area contributed by atoms with Gasteiger partial charge in [0, 0.05) is 46.7 Å². The maximum atomic E-state index is 4.70. The molecule has 0 aliphatic carbocycles. The molecule has 1 aliphatic rings. The molecule has 6 heteroatoms. The average molecular weight is 299 g/mol. The summed E-state index contributed by atoms with van der Waals surface area (Å²) in [7, 11) is 0. The van der Waals surface area contributed by atoms with Crippen molar-refractivity contribution in [2.45, 2.75) is 13.0 Å². The van der Waals surface area contributed by atoms with Gasteiger partial charge in [0.1, 0.15) is 0 Å². The van der Waals surface area contributed by atoms with E-state index in [9.17, 15) is 0 Å². The van der Waals surface area contributed by atoms with Crippen molar-refractivity contribution in [2.24, 2.45) is 0 Å². The van der Waals surface area contributed by atoms with Crippen LogP contribution in [-0.4, -0.2) is 40.9 Å². The summed E-state index contributed by atoms with van der Waals surface area (Å²) in [5, 5.41) is 14.3. The third-order valence-corrected chi connectivity index (χ3v) is 4.82. The highest BCUT2D eigenvalue weighted by molar-refractivity contribution is 7.17. The molecule has 108 valence electrons. The second-order valence-corrected chi connectivity index (χ2v) is 6.34. The molecule has 1 aromatic carbocycles. The predicted molar refractivity (Wildman–Crippen MR) is 86.9 cm³/mol. The average Bonchev–Trinajstić information content (AvgIpc) is 3.14. The van der Waals surface area contributed by atoms with Crippen LogP contribution in [0.1, 0.15) is 6.92 Å². The minimum atomic E-state index is 0.475. The molecule has 1 aliphatic heterocycles. The van der Waals surface area contributed by atoms with Gasteiger partial charge in [0.15, 0.2) is 5.82 Å². The summed E-state index contributed by atoms with van der Waals surface area (Å²) in [6.45, 7) is 5.06. The molecule has 21 heavy (non-hydrogen) atoms. The lowest BCUT2D eigenvalue weighted by Gasteiger charge is -2.30. The summed E-state index contributed by atoms with van der Waals surface area (Å²) < 4.78 is 1.28. The van der Waals surface area contributed by atoms with Gasteiger partial charge in [0.2, 0.25) is 5.95 Å². The summed E-state index contributed by atoms with van der Waals surface area (Å²) in [6, 6.07) is 8.88. The third-order valence-electron chi connectivity index (χ3n) is 3.86. The van der Waals surface area contributed by atoms with Gasteiger partial charge in [0.05, 0.1) is 0 Å². The number of H-pyrrole nitrogens is 1. The van der Waals surface area contributed by atoms with E-state index in [0.29, 0.717) is 6.04 Å². The number of nitrogens with zero attached hydrogens (tertiary/aromatic N) is 3. The van der Waals surface area contributed by atoms with Crippen LogP contribution in [0.25, 0.3) is 21.5 Å². The van der Waals surface area contributed by atoms with Crippen molar-refractivity contribution in [3.63, 3.8) is 0 Å². The molecular formula is C15H17N5S. The monoisotopic (exact) mass is 299 g/mol. The predicted octanol–water partition coefficient (Wildman–Crippen LogP) is 2.48. The third kappa shape index (κ3) is 2.30. The Labute approximate surface area is 127 Å². The summed E-state index contributed by atoms with van der Waals surface area (Å²) in [6.07, 6.45) is 0. The first kappa shape index (κ1) is 12.8. The first-order valence-electron chi connectivity index (χ1n) is 7.18. The van der Waals surface area contributed by atoms with E-state index in [1.54, 1.807) is 11.3 Å². The van der Waals surface area contributed by atoms with Crippen LogP contribution in [-0.2, 0) is 0 Å². The van der Waals surface area contributed by atoms with E-state index in [1.807, 2.05) is 0 Å². The lowest BCUT2D eigenvalue weighted by atomic mass is 10.2. The van der Waals surface area contributed by atoms with Gasteiger partial charge in [-0.1, -0.05) is 18.2 Å². The Morgan fingerprint density at radius 3 is 3.14 bits per heavy atom. The molecule has 5 nitrogen and oxygen atoms in total. The molecule has 2 aromatic heterocycles. The number of aromatic nitrogens is 3. The van der Waals surface area contributed by atoms with E-state index in [1.165, 1.54) is 10.1 Å². The number of benzene rings is 1. The highest BCUT2D eigenvalue weighted by Crippen LogP contribution is 2.32. The topological polar surface area (TPSA) is 56.8 Å². The number of thiophene rings is 1. The Morgan fingerprint density at radius 1 is 1.33 bits per heavy atom. The maximum absolute atomic E-state index is 4.70. The fraction of sp³-hybridized carbons (Fsp3) is 0.333. The van der Waals surface area contributed by atoms with Gasteiger partial charge in [-0.25, -0.2) is 0 Å². The molecule has 1 saturated heterocycles. The summed E-state index contributed by atoms with van der Waals surface area (Å²) in [5.41, 5.74) is 1.14. The number of anilines is 1. The standard InChI is InChI=1S/C15H17N5S/c1-10-8-20(7-6-16-10)15-17-14(18-19-15)12-9-21-13-5-3-2-4-11(12)13/h2-5,9-10,16H,6-8H2,1H3,(H,17,18,19)/t10-/m1/s1. The van der Waals surface area contributed by atoms with E-state index in [2.05, 4.69) is 57.0 Å². The molecule has 0 bridgehead atoms. The zero-order chi connectivity index (χ0) is 14.2. The van der Waals surface area contributed by atoms with Crippen LogP contribution in [0.15, 0.2) is 29.6 Å². The second-order valence-electron chi connectivity index (χ2n) is 5.43. The largest absolute Gasteiger partial charge is 0.337 e. The Bertz CT molecular complexity index is 762. The smallest absolute Gasteiger partial charge is 0.245 e. The van der Waals surface area contributed by atoms with Crippen LogP contribution >= 0.6 is 11.3 Å². The molecule has 0 spiro atoms. The van der Waals surface area contributed by atoms with Crippen molar-refractivity contribution in [3.05, 3.63) is 29.6 Å². The fourth-order valence-electron chi connectivity index (χ4n) is 2.79. The first-order chi connectivity index (χ1) is 10.3. The van der Waals surface area contributed by atoms with Crippen LogP contribution in [0.5, 0.6) is 0 Å². The Balaban J connectivity index is 1.68. The summed E-state index contributed by atoms with van der Waals surface area (Å²) in [4.78, 5) is 6.93. The molecule has 0 unspecified atom stereocenters. The SMILES string of the molecule is C[C@@H]1CN(c2n[nH]c(-c3csc4ccccc34)n2)CCN1. The van der Waals surface area contributed by atoms with E-state index in [-0.39, 0.29) is 0 Å². The van der Waals surface area contributed by atoms with E-state index < -0.39 is 0 Å². The molecular weight excluding hydrogens is 282 g/mol. The van der Waals surface area contributed by atoms with Crippen LogP contribution in [0.4, 0.5) is 5.95 Å². The van der Waals surface area contributed by atoms with Crippen molar-refractivity contribution in [3.8, 4) is 11.4 Å². The number of nitrogens with one attached hydrogen (secondary N) is 2. The minimum absolute atomic E-state index is 0.475. The minimum Gasteiger partial charge on any atom is -0.337 e. The van der Waals surface area contributed by atoms with Crippen molar-refractivity contribution in [1.82, 2.24) is 20.5 Å². The summed E-state index contributed by atoms with van der Waals surface area (Å²) in [5.74, 6) is 1.65. The first-order valence-corrected chi connectivity index (χ1v) is 8.06. The van der Waals surface area contributed by atoms with Crippen molar-refractivity contribution in [2.75, 3.05) is 24.5 Å². The van der Waals surface area contributed by atoms with Gasteiger partial charge in [-0.3, -0.25) is 5.10 Å². The Morgan fingerprint density at radius 2 is 2.24 bits per heavy atom. The van der Waals surface area contributed by atoms with Gasteiger partial charge in [-0.15, -0.1) is 16.4 Å². The highest BCUT2D eigenvalue weighted by atomic mass is 32.1. The Hall–Kier alpha value is -1.92. The van der Waals surface area contributed by atoms with E-state index >= 15 is 0 Å². The molecule has 3 aromatic rings. The lowest BCUT2D eigenvalue weighted by molar-refractivity contribution is 0.480. The maximum Gasteiger partial charge on any atom is 0.245 e. The van der Waals surface area contributed by atoms with Crippen LogP contribution in [0.2, 0.25) is 0 Å². The van der Waals surface area contributed by atoms with Gasteiger partial charge in [-0.2, -0.15) is 4.98 Å². The van der Waals surface area contributed by atoms with E-state index in [0.717, 1.165) is 37.0 Å². The fourth-order valence-corrected chi connectivity index (χ4v) is 3.74. The number of aromatic amines is 1. The van der Waals surface area contributed by atoms with Gasteiger partial charge in [-0.05, 0) is 13.0 Å². The molecule has 4 rings (SSSR count). The van der Waals surface area contributed by atoms with Crippen LogP contribution in [0, 0.1) is 0 Å². The van der Waals surface area contributed by atoms with Gasteiger partial charge in [0.25, 0.3) is 0 Å². The van der Waals surface area contributed by atoms with Gasteiger partial charge >= 0.3 is 0 Å². The zero-order valence-corrected chi connectivity index (χ0v) is 12.7. The van der Waals surface area contributed by atoms with E-state index in [4.69, 9.17) is 4.98 Å². The van der Waals surface area contributed by atoms with Crippen LogP contribution < -0.4 is 10.2 Å². The number of hydrogen-bond acceptors (Lipinski definition) is 5. The van der Waals surface area contributed by atoms with Crippen molar-refractivity contribution in [1.29, 1.82) is 0 Å². The lowest BCUT2D eigenvalue weighted by Crippen LogP contribution is -2.49. The second kappa shape index (κ2) is 5.13. The quantitative estimate of drug-likeness (QED) is 0.763. The molecule has 2 N–H and O–H groups in total. The number of hydrogen-bond donors (Lipinski definition) is 2. The number of rotatable bonds is 2. The molecule has 0 amide bonds. The van der Waals surface area contributed by atoms with Crippen molar-refractivity contribution < 1.29 is 0 Å². The molecule has 0 saturated carbocycles.